The van der Waals surface area contributed by atoms with Gasteiger partial charge in [-0.1, -0.05) is 36.4 Å². The van der Waals surface area contributed by atoms with Gasteiger partial charge in [0, 0.05) is 72.5 Å². The molecule has 0 unspecified atom stereocenters. The molecule has 0 amide bonds. The minimum Gasteiger partial charge on any atom is -0.421 e. The van der Waals surface area contributed by atoms with Gasteiger partial charge in [0.1, 0.15) is 0 Å². The minimum atomic E-state index is -0.652. The van der Waals surface area contributed by atoms with E-state index in [1.807, 2.05) is 24.3 Å². The van der Waals surface area contributed by atoms with Crippen LogP contribution in [-0.2, 0) is 9.59 Å². The van der Waals surface area contributed by atoms with E-state index in [0.717, 1.165) is 84.1 Å². The number of ether oxygens (including phenoxy) is 2. The predicted octanol–water partition coefficient (Wildman–Crippen LogP) is 5.15. The van der Waals surface area contributed by atoms with Gasteiger partial charge in [-0.2, -0.15) is 0 Å². The first-order valence-corrected chi connectivity index (χ1v) is 13.5. The fraction of sp³-hybridized carbons (Fsp3) is 0.250. The van der Waals surface area contributed by atoms with Crippen LogP contribution in [-0.4, -0.2) is 72.0 Å². The lowest BCUT2D eigenvalue weighted by Crippen LogP contribution is -2.23. The molecule has 0 radical (unpaired) electrons. The lowest BCUT2D eigenvalue weighted by molar-refractivity contribution is -0.131. The molecule has 0 fully saturated rings. The summed E-state index contributed by atoms with van der Waals surface area (Å²) in [4.78, 5) is 36.3. The second-order valence-electron chi connectivity index (χ2n) is 10.4. The molecule has 40 heavy (non-hydrogen) atoms. The first kappa shape index (κ1) is 25.9. The smallest absolute Gasteiger partial charge is 0.336 e. The maximum absolute atomic E-state index is 12.7. The summed E-state index contributed by atoms with van der Waals surface area (Å²) in [5.74, 6) is -0.440. The zero-order chi connectivity index (χ0) is 27.6. The highest BCUT2D eigenvalue weighted by molar-refractivity contribution is 6.02. The molecular formula is C32H32N4O4. The molecule has 204 valence electrons. The number of nitrogens with zero attached hydrogens (tertiary/aromatic N) is 2. The zero-order valence-corrected chi connectivity index (χ0v) is 22.7. The molecular weight excluding hydrogens is 504 g/mol. The monoisotopic (exact) mass is 536 g/mol. The molecule has 2 aromatic carbocycles. The number of carbonyl (C=O) groups is 2. The molecule has 6 rings (SSSR count). The van der Waals surface area contributed by atoms with E-state index < -0.39 is 11.9 Å². The lowest BCUT2D eigenvalue weighted by Gasteiger charge is -2.22. The van der Waals surface area contributed by atoms with Crippen molar-refractivity contribution in [2.75, 3.05) is 40.3 Å². The number of esters is 2. The summed E-state index contributed by atoms with van der Waals surface area (Å²) < 4.78 is 11.3. The minimum absolute atomic E-state index is 0.432. The van der Waals surface area contributed by atoms with Gasteiger partial charge in [-0.15, -0.1) is 0 Å². The van der Waals surface area contributed by atoms with E-state index in [4.69, 9.17) is 9.47 Å². The standard InChI is InChI=1S/C32H32N4O4/c1-35-15-11-21(12-16-35)23-5-3-7-25-31(23)27(19-33-25)39-29(37)9-10-30(38)40-28-20-34-26-8-4-6-24(32(26)28)22-13-17-36(2)18-14-22/h3-11,13,19-20,33-34H,12,14-18H2,1-2H3/b10-9+. The third-order valence-corrected chi connectivity index (χ3v) is 7.63. The van der Waals surface area contributed by atoms with Crippen molar-refractivity contribution in [1.82, 2.24) is 19.8 Å². The Morgan fingerprint density at radius 2 is 1.18 bits per heavy atom. The number of benzene rings is 2. The van der Waals surface area contributed by atoms with Crippen LogP contribution in [0.15, 0.2) is 73.1 Å². The summed E-state index contributed by atoms with van der Waals surface area (Å²) in [5.41, 5.74) is 6.33. The number of H-pyrrole nitrogens is 2. The van der Waals surface area contributed by atoms with Crippen molar-refractivity contribution in [2.24, 2.45) is 0 Å². The van der Waals surface area contributed by atoms with Crippen molar-refractivity contribution < 1.29 is 19.1 Å². The highest BCUT2D eigenvalue weighted by Gasteiger charge is 2.19. The maximum Gasteiger partial charge on any atom is 0.336 e. The molecule has 0 bridgehead atoms. The van der Waals surface area contributed by atoms with Crippen LogP contribution < -0.4 is 9.47 Å². The molecule has 0 atom stereocenters. The summed E-state index contributed by atoms with van der Waals surface area (Å²) >= 11 is 0. The Kier molecular flexibility index (Phi) is 7.11. The summed E-state index contributed by atoms with van der Waals surface area (Å²) in [6, 6.07) is 12.0. The molecule has 0 saturated heterocycles. The van der Waals surface area contributed by atoms with Gasteiger partial charge in [-0.25, -0.2) is 9.59 Å². The SMILES string of the molecule is CN1CC=C(c2cccc3[nH]cc(OC(=O)/C=C/C(=O)Oc4c[nH]c5cccc(C6=CCN(C)CC6)c45)c23)CC1. The second kappa shape index (κ2) is 11.0. The van der Waals surface area contributed by atoms with Gasteiger partial charge in [0.15, 0.2) is 11.5 Å². The lowest BCUT2D eigenvalue weighted by atomic mass is 9.96. The van der Waals surface area contributed by atoms with E-state index in [0.29, 0.717) is 11.5 Å². The number of carbonyl (C=O) groups excluding carboxylic acids is 2. The molecule has 8 nitrogen and oxygen atoms in total. The Labute approximate surface area is 232 Å². The maximum atomic E-state index is 12.7. The van der Waals surface area contributed by atoms with Gasteiger partial charge in [-0.05, 0) is 61.3 Å². The zero-order valence-electron chi connectivity index (χ0n) is 22.7. The van der Waals surface area contributed by atoms with Gasteiger partial charge >= 0.3 is 11.9 Å². The van der Waals surface area contributed by atoms with Crippen molar-refractivity contribution >= 4 is 44.9 Å². The number of hydrogen-bond acceptors (Lipinski definition) is 6. The molecule has 8 heteroatoms. The number of nitrogens with one attached hydrogen (secondary N) is 2. The second-order valence-corrected chi connectivity index (χ2v) is 10.4. The van der Waals surface area contributed by atoms with Crippen molar-refractivity contribution in [2.45, 2.75) is 12.8 Å². The van der Waals surface area contributed by atoms with Crippen molar-refractivity contribution in [1.29, 1.82) is 0 Å². The van der Waals surface area contributed by atoms with Crippen LogP contribution in [0.3, 0.4) is 0 Å². The Morgan fingerprint density at radius 3 is 1.57 bits per heavy atom. The van der Waals surface area contributed by atoms with Gasteiger partial charge in [0.25, 0.3) is 0 Å². The highest BCUT2D eigenvalue weighted by Crippen LogP contribution is 2.36. The van der Waals surface area contributed by atoms with E-state index in [2.05, 4.69) is 58.1 Å². The van der Waals surface area contributed by atoms with Crippen molar-refractivity contribution in [3.63, 3.8) is 0 Å². The van der Waals surface area contributed by atoms with Gasteiger partial charge in [0.2, 0.25) is 0 Å². The number of fused-ring (bicyclic) bond motifs is 2. The van der Waals surface area contributed by atoms with Crippen LogP contribution in [0.1, 0.15) is 24.0 Å². The van der Waals surface area contributed by atoms with E-state index >= 15 is 0 Å². The van der Waals surface area contributed by atoms with Crippen LogP contribution in [0, 0.1) is 0 Å². The molecule has 4 heterocycles. The molecule has 2 aliphatic rings. The first-order chi connectivity index (χ1) is 19.5. The van der Waals surface area contributed by atoms with Crippen molar-refractivity contribution in [3.8, 4) is 11.5 Å². The van der Waals surface area contributed by atoms with E-state index in [9.17, 15) is 9.59 Å². The third-order valence-electron chi connectivity index (χ3n) is 7.63. The van der Waals surface area contributed by atoms with Gasteiger partial charge in [-0.3, -0.25) is 0 Å². The van der Waals surface area contributed by atoms with E-state index in [1.54, 1.807) is 12.4 Å². The summed E-state index contributed by atoms with van der Waals surface area (Å²) in [6.07, 6.45) is 11.8. The molecule has 2 aromatic heterocycles. The third kappa shape index (κ3) is 5.23. The van der Waals surface area contributed by atoms with Crippen LogP contribution in [0.2, 0.25) is 0 Å². The fourth-order valence-electron chi connectivity index (χ4n) is 5.45. The van der Waals surface area contributed by atoms with Gasteiger partial charge in [0.05, 0.1) is 0 Å². The Morgan fingerprint density at radius 1 is 0.725 bits per heavy atom. The largest absolute Gasteiger partial charge is 0.421 e. The average molecular weight is 537 g/mol. The highest BCUT2D eigenvalue weighted by atomic mass is 16.5. The van der Waals surface area contributed by atoms with Crippen LogP contribution >= 0.6 is 0 Å². The average Bonchev–Trinajstić information content (AvgIpc) is 3.57. The molecule has 2 N–H and O–H groups in total. The van der Waals surface area contributed by atoms with E-state index in [1.165, 1.54) is 11.1 Å². The van der Waals surface area contributed by atoms with E-state index in [-0.39, 0.29) is 0 Å². The normalized spacial score (nSPS) is 16.9. The quantitative estimate of drug-likeness (QED) is 0.262. The molecule has 0 saturated carbocycles. The first-order valence-electron chi connectivity index (χ1n) is 13.5. The van der Waals surface area contributed by atoms with Crippen LogP contribution in [0.5, 0.6) is 11.5 Å². The Hall–Kier alpha value is -4.40. The fourth-order valence-corrected chi connectivity index (χ4v) is 5.45. The molecule has 4 aromatic rings. The summed E-state index contributed by atoms with van der Waals surface area (Å²) in [7, 11) is 4.19. The van der Waals surface area contributed by atoms with Crippen LogP contribution in [0.4, 0.5) is 0 Å². The summed E-state index contributed by atoms with van der Waals surface area (Å²) in [5, 5.41) is 1.72. The Balaban J connectivity index is 1.18. The molecule has 2 aliphatic heterocycles. The number of rotatable bonds is 6. The van der Waals surface area contributed by atoms with Crippen molar-refractivity contribution in [3.05, 3.63) is 84.2 Å². The summed E-state index contributed by atoms with van der Waals surface area (Å²) in [6.45, 7) is 3.70. The number of aromatic amines is 2. The van der Waals surface area contributed by atoms with Crippen LogP contribution in [0.25, 0.3) is 33.0 Å². The number of hydrogen-bond donors (Lipinski definition) is 2. The van der Waals surface area contributed by atoms with Gasteiger partial charge < -0.3 is 29.2 Å². The molecule has 0 aliphatic carbocycles. The topological polar surface area (TPSA) is 90.7 Å². The molecule has 0 spiro atoms. The predicted molar refractivity (Wildman–Crippen MR) is 157 cm³/mol. The Bertz CT molecular complexity index is 1570. The number of aromatic nitrogens is 2. The number of likely N-dealkylation sites (N-methyl/N-ethyl adjacent to an activating group) is 2.